The number of rotatable bonds is 12. The fraction of sp³-hybridized carbons (Fsp3) is 0.229. The Hall–Kier alpha value is -6.72. The van der Waals surface area contributed by atoms with Crippen LogP contribution in [0.3, 0.4) is 0 Å². The van der Waals surface area contributed by atoms with Gasteiger partial charge < -0.3 is 46.1 Å². The molecule has 3 amide bonds. The quantitative estimate of drug-likeness (QED) is 0.0806. The van der Waals surface area contributed by atoms with E-state index in [1.807, 2.05) is 0 Å². The first kappa shape index (κ1) is 38.6. The SMILES string of the molecule is NS(=O)(=O)c1ccc(NC(=O)Nc2ncn(-c3nc(NCC(c4ccc(O)cc4)c4ccc(O)cc4)c4ncn([C@@H]5C[C@H](NC(=O)CO)[C@@H](O)[C@H]5O)c4n3)n2)cc1. The van der Waals surface area contributed by atoms with E-state index in [1.165, 1.54) is 46.2 Å². The lowest BCUT2D eigenvalue weighted by atomic mass is 9.91. The second-order valence-electron chi connectivity index (χ2n) is 13.1. The van der Waals surface area contributed by atoms with E-state index in [9.17, 15) is 43.5 Å². The molecule has 1 fully saturated rings. The van der Waals surface area contributed by atoms with Crippen molar-refractivity contribution in [2.24, 2.45) is 5.14 Å². The number of carbonyl (C=O) groups excluding carboxylic acids is 2. The molecule has 0 radical (unpaired) electrons. The van der Waals surface area contributed by atoms with Crippen LogP contribution in [0, 0.1) is 0 Å². The van der Waals surface area contributed by atoms with Gasteiger partial charge in [0.25, 0.3) is 11.9 Å². The van der Waals surface area contributed by atoms with Crippen molar-refractivity contribution < 1.29 is 43.5 Å². The number of imidazole rings is 1. The predicted molar refractivity (Wildman–Crippen MR) is 202 cm³/mol. The minimum Gasteiger partial charge on any atom is -0.508 e. The topological polar surface area (TPSA) is 318 Å². The summed E-state index contributed by atoms with van der Waals surface area (Å²) in [5, 5.41) is 71.3. The summed E-state index contributed by atoms with van der Waals surface area (Å²) in [6.45, 7) is -0.583. The number of anilines is 3. The number of primary sulfonamides is 1. The third-order valence-corrected chi connectivity index (χ3v) is 10.3. The molecule has 1 saturated carbocycles. The number of nitrogens with zero attached hydrogens (tertiary/aromatic N) is 7. The Bertz CT molecular complexity index is 2470. The monoisotopic (exact) mass is 800 g/mol. The average Bonchev–Trinajstić information content (AvgIpc) is 3.90. The van der Waals surface area contributed by atoms with Crippen LogP contribution in [0.2, 0.25) is 0 Å². The molecule has 0 bridgehead atoms. The molecule has 6 aromatic rings. The molecule has 4 atom stereocenters. The number of aromatic hydroxyl groups is 2. The first-order valence-corrected chi connectivity index (χ1v) is 18.8. The Morgan fingerprint density at radius 1 is 0.860 bits per heavy atom. The minimum absolute atomic E-state index is 0.0460. The van der Waals surface area contributed by atoms with Crippen LogP contribution in [0.4, 0.5) is 22.2 Å². The lowest BCUT2D eigenvalue weighted by Gasteiger charge is -2.20. The molecule has 0 saturated heterocycles. The molecule has 0 aliphatic heterocycles. The summed E-state index contributed by atoms with van der Waals surface area (Å²) < 4.78 is 25.8. The number of sulfonamides is 1. The molecular formula is C35H36N12O9S. The number of nitrogens with two attached hydrogens (primary N) is 1. The number of hydrogen-bond donors (Lipinski definition) is 10. The summed E-state index contributed by atoms with van der Waals surface area (Å²) >= 11 is 0. The fourth-order valence-electron chi connectivity index (χ4n) is 6.50. The zero-order valence-corrected chi connectivity index (χ0v) is 30.4. The van der Waals surface area contributed by atoms with Gasteiger partial charge in [0.2, 0.25) is 15.9 Å². The summed E-state index contributed by atoms with van der Waals surface area (Å²) in [5.41, 5.74) is 2.37. The number of phenolic OH excluding ortho intramolecular Hbond substituents is 2. The first-order valence-electron chi connectivity index (χ1n) is 17.2. The zero-order valence-electron chi connectivity index (χ0n) is 29.6. The van der Waals surface area contributed by atoms with E-state index in [2.05, 4.69) is 46.3 Å². The third-order valence-electron chi connectivity index (χ3n) is 9.34. The van der Waals surface area contributed by atoms with Crippen molar-refractivity contribution in [3.05, 3.63) is 96.6 Å². The highest BCUT2D eigenvalue weighted by molar-refractivity contribution is 7.89. The molecular weight excluding hydrogens is 765 g/mol. The van der Waals surface area contributed by atoms with Gasteiger partial charge in [-0.05, 0) is 66.1 Å². The molecule has 11 N–H and O–H groups in total. The number of amides is 3. The Morgan fingerprint density at radius 3 is 2.12 bits per heavy atom. The lowest BCUT2D eigenvalue weighted by molar-refractivity contribution is -0.125. The molecule has 296 valence electrons. The summed E-state index contributed by atoms with van der Waals surface area (Å²) in [5.74, 6) is -0.869. The van der Waals surface area contributed by atoms with Gasteiger partial charge in [0, 0.05) is 18.2 Å². The number of hydrogen-bond acceptors (Lipinski definition) is 15. The second-order valence-corrected chi connectivity index (χ2v) is 14.7. The normalized spacial score (nSPS) is 18.1. The van der Waals surface area contributed by atoms with Gasteiger partial charge in [0.05, 0.1) is 23.3 Å². The fourth-order valence-corrected chi connectivity index (χ4v) is 7.02. The molecule has 7 rings (SSSR count). The van der Waals surface area contributed by atoms with Crippen LogP contribution in [0.1, 0.15) is 29.5 Å². The second kappa shape index (κ2) is 15.8. The predicted octanol–water partition coefficient (Wildman–Crippen LogP) is 0.497. The Balaban J connectivity index is 1.21. The van der Waals surface area contributed by atoms with Crippen molar-refractivity contribution in [1.82, 2.24) is 39.6 Å². The van der Waals surface area contributed by atoms with Crippen molar-refractivity contribution >= 4 is 50.6 Å². The Kier molecular flexibility index (Phi) is 10.7. The van der Waals surface area contributed by atoms with Crippen LogP contribution in [0.25, 0.3) is 17.1 Å². The van der Waals surface area contributed by atoms with Crippen LogP contribution < -0.4 is 26.4 Å². The van der Waals surface area contributed by atoms with E-state index in [0.29, 0.717) is 0 Å². The smallest absolute Gasteiger partial charge is 0.326 e. The molecule has 1 aliphatic rings. The van der Waals surface area contributed by atoms with Crippen LogP contribution in [0.5, 0.6) is 11.5 Å². The molecule has 0 unspecified atom stereocenters. The lowest BCUT2D eigenvalue weighted by Crippen LogP contribution is -2.44. The number of aromatic nitrogens is 7. The highest BCUT2D eigenvalue weighted by atomic mass is 32.2. The van der Waals surface area contributed by atoms with Crippen molar-refractivity contribution in [2.45, 2.75) is 41.5 Å². The molecule has 22 heteroatoms. The number of carbonyl (C=O) groups is 2. The van der Waals surface area contributed by atoms with E-state index < -0.39 is 52.9 Å². The summed E-state index contributed by atoms with van der Waals surface area (Å²) in [6.07, 6.45) is -0.0301. The van der Waals surface area contributed by atoms with Crippen molar-refractivity contribution in [2.75, 3.05) is 29.1 Å². The van der Waals surface area contributed by atoms with Gasteiger partial charge in [0.1, 0.15) is 36.6 Å². The average molecular weight is 801 g/mol. The largest absolute Gasteiger partial charge is 0.508 e. The molecule has 21 nitrogen and oxygen atoms in total. The maximum atomic E-state index is 12.8. The number of fused-ring (bicyclic) bond motifs is 1. The molecule has 1 aliphatic carbocycles. The minimum atomic E-state index is -3.93. The number of aliphatic hydroxyl groups excluding tert-OH is 3. The molecule has 3 aromatic heterocycles. The molecule has 0 spiro atoms. The van der Waals surface area contributed by atoms with Crippen molar-refractivity contribution in [3.63, 3.8) is 0 Å². The van der Waals surface area contributed by atoms with Crippen molar-refractivity contribution in [3.8, 4) is 17.4 Å². The Labute approximate surface area is 322 Å². The highest BCUT2D eigenvalue weighted by Gasteiger charge is 2.44. The molecule has 3 heterocycles. The maximum absolute atomic E-state index is 12.8. The zero-order chi connectivity index (χ0) is 40.4. The van der Waals surface area contributed by atoms with Crippen molar-refractivity contribution in [1.29, 1.82) is 0 Å². The van der Waals surface area contributed by atoms with Gasteiger partial charge in [-0.15, -0.1) is 5.10 Å². The first-order chi connectivity index (χ1) is 27.3. The van der Waals surface area contributed by atoms with Crippen LogP contribution in [-0.4, -0.2) is 112 Å². The van der Waals surface area contributed by atoms with Gasteiger partial charge in [-0.25, -0.2) is 23.3 Å². The van der Waals surface area contributed by atoms with Crippen LogP contribution in [0.15, 0.2) is 90.3 Å². The number of urea groups is 1. The third kappa shape index (κ3) is 8.44. The van der Waals surface area contributed by atoms with E-state index in [1.54, 1.807) is 48.5 Å². The van der Waals surface area contributed by atoms with E-state index >= 15 is 0 Å². The van der Waals surface area contributed by atoms with E-state index in [4.69, 9.17) is 5.14 Å². The van der Waals surface area contributed by atoms with Gasteiger partial charge >= 0.3 is 6.03 Å². The number of nitrogens with one attached hydrogen (secondary N) is 4. The number of phenols is 2. The molecule has 3 aromatic carbocycles. The van der Waals surface area contributed by atoms with Gasteiger partial charge in [-0.2, -0.15) is 19.6 Å². The summed E-state index contributed by atoms with van der Waals surface area (Å²) in [4.78, 5) is 42.6. The Morgan fingerprint density at radius 2 is 1.51 bits per heavy atom. The van der Waals surface area contributed by atoms with Crippen LogP contribution >= 0.6 is 0 Å². The summed E-state index contributed by atoms with van der Waals surface area (Å²) in [6, 6.07) is 16.0. The highest BCUT2D eigenvalue weighted by Crippen LogP contribution is 2.35. The summed E-state index contributed by atoms with van der Waals surface area (Å²) in [7, 11) is -3.93. The maximum Gasteiger partial charge on any atom is 0.326 e. The molecule has 57 heavy (non-hydrogen) atoms. The van der Waals surface area contributed by atoms with Gasteiger partial charge in [-0.3, -0.25) is 10.1 Å². The van der Waals surface area contributed by atoms with E-state index in [-0.39, 0.29) is 69.8 Å². The standard InChI is InChI=1S/C35H36N12O9S/c36-57(55,56)23-11-5-20(6-12-23)40-35(54)44-33-39-17-47(45-33)34-42-31(37-14-24(18-1-7-21(49)8-2-18)19-3-9-22(50)10-4-19)28-32(43-34)46(16-38-28)26-13-25(29(52)30(26)53)41-27(51)15-48/h1-12,16-17,24-26,29-30,48-50,52-53H,13-15H2,(H,41,51)(H2,36,55,56)(H,37,42,43)(H2,40,44,45,54)/t25-,26+,29+,30-/m0/s1. The van der Waals surface area contributed by atoms with Gasteiger partial charge in [-0.1, -0.05) is 24.3 Å². The number of benzene rings is 3. The van der Waals surface area contributed by atoms with Gasteiger partial charge in [0.15, 0.2) is 17.0 Å². The van der Waals surface area contributed by atoms with E-state index in [0.717, 1.165) is 11.1 Å². The van der Waals surface area contributed by atoms with Crippen LogP contribution in [-0.2, 0) is 14.8 Å². The number of aliphatic hydroxyl groups is 3.